The van der Waals surface area contributed by atoms with Gasteiger partial charge >= 0.3 is 0 Å². The van der Waals surface area contributed by atoms with Crippen LogP contribution in [0.15, 0.2) is 0 Å². The molecular weight excluding hydrogens is 260 g/mol. The van der Waals surface area contributed by atoms with Gasteiger partial charge in [0.25, 0.3) is 0 Å². The van der Waals surface area contributed by atoms with Crippen LogP contribution in [0.4, 0.5) is 0 Å². The van der Waals surface area contributed by atoms with Crippen LogP contribution in [-0.4, -0.2) is 22.4 Å². The Morgan fingerprint density at radius 3 is 2.43 bits per heavy atom. The smallest absolute Gasteiger partial charge is 0.0577 e. The Morgan fingerprint density at radius 2 is 1.62 bits per heavy atom. The highest BCUT2D eigenvalue weighted by molar-refractivity contribution is 5.09. The van der Waals surface area contributed by atoms with Crippen LogP contribution in [0.2, 0.25) is 0 Å². The fourth-order valence-electron chi connectivity index (χ4n) is 7.27. The van der Waals surface area contributed by atoms with E-state index < -0.39 is 0 Å². The number of hydrogen-bond donors (Lipinski definition) is 2. The summed E-state index contributed by atoms with van der Waals surface area (Å²) in [4.78, 5) is 0. The molecule has 0 saturated heterocycles. The average molecular weight is 292 g/mol. The van der Waals surface area contributed by atoms with Gasteiger partial charge in [0.15, 0.2) is 0 Å². The molecule has 4 aliphatic rings. The second-order valence-electron chi connectivity index (χ2n) is 9.31. The first-order valence-corrected chi connectivity index (χ1v) is 9.30. The van der Waals surface area contributed by atoms with Gasteiger partial charge in [-0.2, -0.15) is 0 Å². The molecule has 0 aliphatic heterocycles. The van der Waals surface area contributed by atoms with E-state index >= 15 is 0 Å². The van der Waals surface area contributed by atoms with Gasteiger partial charge in [0.2, 0.25) is 0 Å². The summed E-state index contributed by atoms with van der Waals surface area (Å²) in [6.07, 6.45) is 10.6. The van der Waals surface area contributed by atoms with E-state index in [4.69, 9.17) is 0 Å². The molecule has 0 aromatic rings. The molecule has 0 heterocycles. The lowest BCUT2D eigenvalue weighted by molar-refractivity contribution is -0.167. The van der Waals surface area contributed by atoms with Crippen LogP contribution >= 0.6 is 0 Å². The van der Waals surface area contributed by atoms with Crippen LogP contribution < -0.4 is 0 Å². The summed E-state index contributed by atoms with van der Waals surface area (Å²) in [5.41, 5.74) is 0.851. The summed E-state index contributed by atoms with van der Waals surface area (Å²) >= 11 is 0. The number of fused-ring (bicyclic) bond motifs is 5. The predicted molar refractivity (Wildman–Crippen MR) is 83.7 cm³/mol. The fraction of sp³-hybridized carbons (Fsp3) is 1.00. The molecule has 4 aliphatic carbocycles. The first-order chi connectivity index (χ1) is 9.94. The number of hydrogen-bond acceptors (Lipinski definition) is 2. The summed E-state index contributed by atoms with van der Waals surface area (Å²) in [5, 5.41) is 20.9. The van der Waals surface area contributed by atoms with E-state index in [1.54, 1.807) is 0 Å². The van der Waals surface area contributed by atoms with Crippen LogP contribution in [0.25, 0.3) is 0 Å². The Balaban J connectivity index is 1.66. The van der Waals surface area contributed by atoms with E-state index in [1.807, 2.05) is 0 Å². The third-order valence-electron chi connectivity index (χ3n) is 8.43. The average Bonchev–Trinajstić information content (AvgIpc) is 2.83. The largest absolute Gasteiger partial charge is 0.393 e. The van der Waals surface area contributed by atoms with E-state index in [0.29, 0.717) is 11.3 Å². The van der Waals surface area contributed by atoms with E-state index in [1.165, 1.54) is 32.1 Å². The quantitative estimate of drug-likeness (QED) is 0.714. The monoisotopic (exact) mass is 292 g/mol. The molecule has 0 spiro atoms. The third kappa shape index (κ3) is 1.97. The van der Waals surface area contributed by atoms with Crippen LogP contribution in [0, 0.1) is 34.5 Å². The molecule has 0 radical (unpaired) electrons. The molecule has 0 unspecified atom stereocenters. The van der Waals surface area contributed by atoms with Gasteiger partial charge in [-0.05, 0) is 85.9 Å². The zero-order valence-corrected chi connectivity index (χ0v) is 13.7. The van der Waals surface area contributed by atoms with Gasteiger partial charge in [0.05, 0.1) is 12.2 Å². The lowest BCUT2D eigenvalue weighted by Gasteiger charge is -2.61. The molecule has 21 heavy (non-hydrogen) atoms. The van der Waals surface area contributed by atoms with Crippen molar-refractivity contribution in [2.75, 3.05) is 0 Å². The van der Waals surface area contributed by atoms with Crippen LogP contribution in [0.1, 0.15) is 71.6 Å². The van der Waals surface area contributed by atoms with Crippen molar-refractivity contribution in [1.82, 2.24) is 0 Å². The van der Waals surface area contributed by atoms with Crippen molar-refractivity contribution < 1.29 is 10.2 Å². The third-order valence-corrected chi connectivity index (χ3v) is 8.43. The molecular formula is C19H32O2. The van der Waals surface area contributed by atoms with E-state index in [2.05, 4.69) is 13.8 Å². The molecule has 0 aromatic carbocycles. The summed E-state index contributed by atoms with van der Waals surface area (Å²) in [7, 11) is 0. The minimum atomic E-state index is -0.172. The maximum atomic E-state index is 10.8. The first-order valence-electron chi connectivity index (χ1n) is 9.30. The minimum absolute atomic E-state index is 0.172. The lowest BCUT2D eigenvalue weighted by atomic mass is 9.44. The Morgan fingerprint density at radius 1 is 0.810 bits per heavy atom. The second-order valence-corrected chi connectivity index (χ2v) is 9.31. The fourth-order valence-corrected chi connectivity index (χ4v) is 7.27. The van der Waals surface area contributed by atoms with Crippen LogP contribution in [0.5, 0.6) is 0 Å². The maximum absolute atomic E-state index is 10.8. The Kier molecular flexibility index (Phi) is 3.25. The topological polar surface area (TPSA) is 40.5 Å². The van der Waals surface area contributed by atoms with Crippen molar-refractivity contribution in [1.29, 1.82) is 0 Å². The molecule has 2 nitrogen and oxygen atoms in total. The molecule has 2 heteroatoms. The standard InChI is InChI=1S/C19H32O2/c1-18-7-3-4-14(18)13-11-17(21)16-10-12(20)5-9-19(16,2)15(13)6-8-18/h12-17,20-21H,3-11H2,1-2H3/t12-,13+,14+,15+,16+,17+,18-,19+/m0/s1. The van der Waals surface area contributed by atoms with Gasteiger partial charge in [-0.1, -0.05) is 20.3 Å². The van der Waals surface area contributed by atoms with E-state index in [-0.39, 0.29) is 17.6 Å². The van der Waals surface area contributed by atoms with Gasteiger partial charge in [-0.25, -0.2) is 0 Å². The van der Waals surface area contributed by atoms with E-state index in [0.717, 1.165) is 43.4 Å². The van der Waals surface area contributed by atoms with Crippen molar-refractivity contribution in [3.63, 3.8) is 0 Å². The second kappa shape index (κ2) is 4.71. The van der Waals surface area contributed by atoms with E-state index in [9.17, 15) is 10.2 Å². The molecule has 0 aromatic heterocycles. The Labute approximate surface area is 129 Å². The molecule has 120 valence electrons. The van der Waals surface area contributed by atoms with Gasteiger partial charge in [0, 0.05) is 0 Å². The van der Waals surface area contributed by atoms with Crippen molar-refractivity contribution >= 4 is 0 Å². The normalized spacial score (nSPS) is 60.0. The Hall–Kier alpha value is -0.0800. The van der Waals surface area contributed by atoms with Crippen LogP contribution in [-0.2, 0) is 0 Å². The molecule has 4 rings (SSSR count). The number of aliphatic hydroxyl groups is 2. The summed E-state index contributed by atoms with van der Waals surface area (Å²) in [5.74, 6) is 2.75. The van der Waals surface area contributed by atoms with Gasteiger partial charge in [-0.15, -0.1) is 0 Å². The van der Waals surface area contributed by atoms with Gasteiger partial charge in [0.1, 0.15) is 0 Å². The highest BCUT2D eigenvalue weighted by Crippen LogP contribution is 2.66. The first kappa shape index (κ1) is 14.5. The molecule has 0 bridgehead atoms. The SMILES string of the molecule is C[C@@]12CCC[C@@H]1[C@H]1C[C@@H](O)[C@H]3C[C@@H](O)CC[C@]3(C)[C@@H]1CC2. The molecule has 4 saturated carbocycles. The summed E-state index contributed by atoms with van der Waals surface area (Å²) in [6.45, 7) is 4.97. The van der Waals surface area contributed by atoms with Crippen molar-refractivity contribution in [2.24, 2.45) is 34.5 Å². The zero-order valence-electron chi connectivity index (χ0n) is 13.7. The molecule has 8 atom stereocenters. The maximum Gasteiger partial charge on any atom is 0.0577 e. The molecule has 2 N–H and O–H groups in total. The Bertz CT molecular complexity index is 422. The van der Waals surface area contributed by atoms with Crippen molar-refractivity contribution in [2.45, 2.75) is 83.8 Å². The zero-order chi connectivity index (χ0) is 14.8. The number of rotatable bonds is 0. The van der Waals surface area contributed by atoms with Crippen LogP contribution in [0.3, 0.4) is 0 Å². The molecule has 0 amide bonds. The lowest BCUT2D eigenvalue weighted by Crippen LogP contribution is -2.57. The number of aliphatic hydroxyl groups excluding tert-OH is 2. The highest BCUT2D eigenvalue weighted by Gasteiger charge is 2.59. The molecule has 4 fully saturated rings. The van der Waals surface area contributed by atoms with Crippen molar-refractivity contribution in [3.05, 3.63) is 0 Å². The summed E-state index contributed by atoms with van der Waals surface area (Å²) < 4.78 is 0. The summed E-state index contributed by atoms with van der Waals surface area (Å²) in [6, 6.07) is 0. The van der Waals surface area contributed by atoms with Gasteiger partial charge < -0.3 is 10.2 Å². The van der Waals surface area contributed by atoms with Crippen molar-refractivity contribution in [3.8, 4) is 0 Å². The van der Waals surface area contributed by atoms with Gasteiger partial charge in [-0.3, -0.25) is 0 Å². The predicted octanol–water partition coefficient (Wildman–Crippen LogP) is 3.75. The highest BCUT2D eigenvalue weighted by atomic mass is 16.3. The minimum Gasteiger partial charge on any atom is -0.393 e.